The zero-order valence-electron chi connectivity index (χ0n) is 11.7. The summed E-state index contributed by atoms with van der Waals surface area (Å²) < 4.78 is 52.2. The highest BCUT2D eigenvalue weighted by Crippen LogP contribution is 2.35. The smallest absolute Gasteiger partial charge is 0.314 e. The summed E-state index contributed by atoms with van der Waals surface area (Å²) in [4.78, 5) is 1.78. The maximum atomic E-state index is 13.6. The van der Waals surface area contributed by atoms with E-state index >= 15 is 0 Å². The Morgan fingerprint density at radius 1 is 1.24 bits per heavy atom. The lowest BCUT2D eigenvalue weighted by Gasteiger charge is -2.36. The van der Waals surface area contributed by atoms with Crippen LogP contribution in [0.15, 0.2) is 18.2 Å². The Kier molecular flexibility index (Phi) is 6.43. The van der Waals surface area contributed by atoms with Crippen molar-refractivity contribution < 1.29 is 17.6 Å². The molecule has 0 aliphatic carbocycles. The first-order chi connectivity index (χ1) is 9.38. The maximum absolute atomic E-state index is 13.6. The minimum Gasteiger partial charge on any atom is -0.314 e. The molecule has 1 saturated heterocycles. The van der Waals surface area contributed by atoms with Crippen LogP contribution >= 0.6 is 12.4 Å². The Hall–Kier alpha value is -0.850. The van der Waals surface area contributed by atoms with Crippen LogP contribution in [0.25, 0.3) is 0 Å². The summed E-state index contributed by atoms with van der Waals surface area (Å²) >= 11 is 0. The third-order valence-electron chi connectivity index (χ3n) is 3.69. The van der Waals surface area contributed by atoms with Crippen LogP contribution in [-0.2, 0) is 0 Å². The van der Waals surface area contributed by atoms with Crippen molar-refractivity contribution in [2.24, 2.45) is 0 Å². The molecule has 2 rings (SSSR count). The lowest BCUT2D eigenvalue weighted by atomic mass is 9.96. The highest BCUT2D eigenvalue weighted by Gasteiger charge is 2.36. The van der Waals surface area contributed by atoms with Gasteiger partial charge in [-0.2, -0.15) is 13.2 Å². The van der Waals surface area contributed by atoms with Crippen molar-refractivity contribution in [3.05, 3.63) is 35.1 Å². The normalized spacial score (nSPS) is 18.1. The Labute approximate surface area is 127 Å². The van der Waals surface area contributed by atoms with Crippen molar-refractivity contribution in [3.8, 4) is 0 Å². The Balaban J connectivity index is 0.00000220. The molecular formula is C14H19ClF4N2. The number of hydrogen-bond donors (Lipinski definition) is 1. The van der Waals surface area contributed by atoms with Crippen LogP contribution in [0.4, 0.5) is 17.6 Å². The van der Waals surface area contributed by atoms with E-state index in [9.17, 15) is 17.6 Å². The molecule has 1 aromatic rings. The molecule has 0 bridgehead atoms. The van der Waals surface area contributed by atoms with Crippen molar-refractivity contribution in [1.82, 2.24) is 10.2 Å². The Morgan fingerprint density at radius 2 is 1.86 bits per heavy atom. The molecule has 7 heteroatoms. The monoisotopic (exact) mass is 326 g/mol. The van der Waals surface area contributed by atoms with Crippen LogP contribution in [-0.4, -0.2) is 37.3 Å². The predicted octanol–water partition coefficient (Wildman–Crippen LogP) is 3.45. The molecule has 0 saturated carbocycles. The van der Waals surface area contributed by atoms with Gasteiger partial charge in [-0.05, 0) is 24.1 Å². The summed E-state index contributed by atoms with van der Waals surface area (Å²) in [6.07, 6.45) is -5.22. The standard InChI is InChI=1S/C14H18F4N2.ClH/c1-10-11(3-2-4-12(10)15)13(9-14(16,17)18)20-7-5-19-6-8-20;/h2-4,13,19H,5-9H2,1H3;1H/t13-;/m0./s1. The minimum atomic E-state index is -4.27. The van der Waals surface area contributed by atoms with E-state index in [4.69, 9.17) is 0 Å². The average Bonchev–Trinajstić information content (AvgIpc) is 2.40. The van der Waals surface area contributed by atoms with Gasteiger partial charge >= 0.3 is 6.18 Å². The molecule has 120 valence electrons. The van der Waals surface area contributed by atoms with E-state index in [0.29, 0.717) is 37.3 Å². The lowest BCUT2D eigenvalue weighted by Crippen LogP contribution is -2.46. The fourth-order valence-corrected chi connectivity index (χ4v) is 2.63. The lowest BCUT2D eigenvalue weighted by molar-refractivity contribution is -0.148. The first-order valence-corrected chi connectivity index (χ1v) is 6.65. The zero-order valence-corrected chi connectivity index (χ0v) is 12.5. The first kappa shape index (κ1) is 18.2. The quantitative estimate of drug-likeness (QED) is 0.856. The van der Waals surface area contributed by atoms with Gasteiger partial charge in [-0.1, -0.05) is 12.1 Å². The van der Waals surface area contributed by atoms with Gasteiger partial charge in [0, 0.05) is 32.2 Å². The van der Waals surface area contributed by atoms with E-state index in [0.717, 1.165) is 0 Å². The Bertz CT molecular complexity index is 459. The maximum Gasteiger partial charge on any atom is 0.390 e. The minimum absolute atomic E-state index is 0. The third kappa shape index (κ3) is 4.83. The molecule has 0 unspecified atom stereocenters. The molecule has 0 spiro atoms. The van der Waals surface area contributed by atoms with Gasteiger partial charge in [0.1, 0.15) is 5.82 Å². The van der Waals surface area contributed by atoms with E-state index in [2.05, 4.69) is 5.32 Å². The van der Waals surface area contributed by atoms with E-state index < -0.39 is 24.5 Å². The second kappa shape index (κ2) is 7.42. The van der Waals surface area contributed by atoms with Crippen molar-refractivity contribution in [3.63, 3.8) is 0 Å². The average molecular weight is 327 g/mol. The van der Waals surface area contributed by atoms with Crippen LogP contribution < -0.4 is 5.32 Å². The van der Waals surface area contributed by atoms with Crippen LogP contribution in [0, 0.1) is 12.7 Å². The Morgan fingerprint density at radius 3 is 2.43 bits per heavy atom. The predicted molar refractivity (Wildman–Crippen MR) is 76.2 cm³/mol. The highest BCUT2D eigenvalue weighted by atomic mass is 35.5. The molecule has 1 atom stereocenters. The summed E-state index contributed by atoms with van der Waals surface area (Å²) in [6, 6.07) is 3.54. The molecule has 21 heavy (non-hydrogen) atoms. The second-order valence-corrected chi connectivity index (χ2v) is 5.08. The van der Waals surface area contributed by atoms with E-state index in [1.54, 1.807) is 11.0 Å². The van der Waals surface area contributed by atoms with Gasteiger partial charge in [0.05, 0.1) is 6.42 Å². The van der Waals surface area contributed by atoms with Gasteiger partial charge in [0.25, 0.3) is 0 Å². The largest absolute Gasteiger partial charge is 0.390 e. The van der Waals surface area contributed by atoms with Crippen molar-refractivity contribution in [2.45, 2.75) is 25.6 Å². The molecular weight excluding hydrogens is 308 g/mol. The molecule has 1 fully saturated rings. The molecule has 1 aliphatic rings. The van der Waals surface area contributed by atoms with Gasteiger partial charge < -0.3 is 5.32 Å². The number of nitrogens with zero attached hydrogens (tertiary/aromatic N) is 1. The zero-order chi connectivity index (χ0) is 14.8. The van der Waals surface area contributed by atoms with Crippen LogP contribution in [0.2, 0.25) is 0 Å². The molecule has 0 radical (unpaired) electrons. The fraction of sp³-hybridized carbons (Fsp3) is 0.571. The van der Waals surface area contributed by atoms with Crippen LogP contribution in [0.5, 0.6) is 0 Å². The van der Waals surface area contributed by atoms with Gasteiger partial charge in [0.2, 0.25) is 0 Å². The second-order valence-electron chi connectivity index (χ2n) is 5.08. The number of piperazine rings is 1. The SMILES string of the molecule is Cc1c(F)cccc1[C@H](CC(F)(F)F)N1CCNCC1.Cl. The number of halogens is 5. The molecule has 1 aliphatic heterocycles. The summed E-state index contributed by atoms with van der Waals surface area (Å²) in [5.74, 6) is -0.454. The van der Waals surface area contributed by atoms with Gasteiger partial charge in [-0.25, -0.2) is 4.39 Å². The summed E-state index contributed by atoms with van der Waals surface area (Å²) in [5, 5.41) is 3.11. The molecule has 1 heterocycles. The number of rotatable bonds is 3. The molecule has 0 amide bonds. The van der Waals surface area contributed by atoms with E-state index in [1.807, 2.05) is 0 Å². The van der Waals surface area contributed by atoms with Crippen LogP contribution in [0.3, 0.4) is 0 Å². The summed E-state index contributed by atoms with van der Waals surface area (Å²) in [6.45, 7) is 3.93. The summed E-state index contributed by atoms with van der Waals surface area (Å²) in [7, 11) is 0. The van der Waals surface area contributed by atoms with E-state index in [-0.39, 0.29) is 12.4 Å². The molecule has 1 aromatic carbocycles. The van der Waals surface area contributed by atoms with Crippen LogP contribution in [0.1, 0.15) is 23.6 Å². The number of benzene rings is 1. The molecule has 2 nitrogen and oxygen atoms in total. The fourth-order valence-electron chi connectivity index (χ4n) is 2.63. The third-order valence-corrected chi connectivity index (χ3v) is 3.69. The van der Waals surface area contributed by atoms with Crippen molar-refractivity contribution in [2.75, 3.05) is 26.2 Å². The number of nitrogens with one attached hydrogen (secondary N) is 1. The summed E-state index contributed by atoms with van der Waals surface area (Å²) in [5.41, 5.74) is 0.740. The molecule has 0 aromatic heterocycles. The van der Waals surface area contributed by atoms with Gasteiger partial charge in [-0.3, -0.25) is 4.90 Å². The first-order valence-electron chi connectivity index (χ1n) is 6.65. The van der Waals surface area contributed by atoms with Gasteiger partial charge in [-0.15, -0.1) is 12.4 Å². The number of alkyl halides is 3. The van der Waals surface area contributed by atoms with Gasteiger partial charge in [0.15, 0.2) is 0 Å². The van der Waals surface area contributed by atoms with Crippen molar-refractivity contribution in [1.29, 1.82) is 0 Å². The topological polar surface area (TPSA) is 15.3 Å². The number of hydrogen-bond acceptors (Lipinski definition) is 2. The molecule has 1 N–H and O–H groups in total. The highest BCUT2D eigenvalue weighted by molar-refractivity contribution is 5.85. The van der Waals surface area contributed by atoms with E-state index in [1.165, 1.54) is 19.1 Å². The van der Waals surface area contributed by atoms with Crippen molar-refractivity contribution >= 4 is 12.4 Å².